The summed E-state index contributed by atoms with van der Waals surface area (Å²) in [6.45, 7) is 0. The van der Waals surface area contributed by atoms with Crippen LogP contribution in [-0.2, 0) is 12.8 Å². The van der Waals surface area contributed by atoms with Crippen molar-refractivity contribution >= 4 is 16.6 Å². The van der Waals surface area contributed by atoms with Crippen LogP contribution in [0, 0.1) is 5.82 Å². The van der Waals surface area contributed by atoms with Crippen LogP contribution in [0.4, 0.5) is 10.1 Å². The second-order valence-electron chi connectivity index (χ2n) is 4.07. The summed E-state index contributed by atoms with van der Waals surface area (Å²) in [5.41, 5.74) is 6.53. The number of hydrazine groups is 1. The third-order valence-electron chi connectivity index (χ3n) is 3.12. The van der Waals surface area contributed by atoms with E-state index in [0.717, 1.165) is 36.0 Å². The molecule has 16 heavy (non-hydrogen) atoms. The maximum atomic E-state index is 13.1. The van der Waals surface area contributed by atoms with E-state index in [2.05, 4.69) is 10.4 Å². The molecule has 1 heterocycles. The Morgan fingerprint density at radius 1 is 1.31 bits per heavy atom. The summed E-state index contributed by atoms with van der Waals surface area (Å²) in [4.78, 5) is 4.49. The minimum Gasteiger partial charge on any atom is -0.323 e. The van der Waals surface area contributed by atoms with Gasteiger partial charge in [0.05, 0.1) is 11.2 Å². The zero-order valence-corrected chi connectivity index (χ0v) is 8.76. The van der Waals surface area contributed by atoms with Gasteiger partial charge in [-0.05, 0) is 37.0 Å². The van der Waals surface area contributed by atoms with Gasteiger partial charge in [-0.2, -0.15) is 0 Å². The van der Waals surface area contributed by atoms with Crippen LogP contribution in [0.3, 0.4) is 0 Å². The highest BCUT2D eigenvalue weighted by Gasteiger charge is 2.19. The molecule has 3 rings (SSSR count). The van der Waals surface area contributed by atoms with Gasteiger partial charge in [-0.3, -0.25) is 10.8 Å². The van der Waals surface area contributed by atoms with Crippen LogP contribution in [0.1, 0.15) is 17.7 Å². The molecule has 0 unspecified atom stereocenters. The van der Waals surface area contributed by atoms with Crippen molar-refractivity contribution in [1.29, 1.82) is 0 Å². The zero-order chi connectivity index (χ0) is 11.1. The molecule has 3 nitrogen and oxygen atoms in total. The van der Waals surface area contributed by atoms with Crippen LogP contribution in [0.25, 0.3) is 10.9 Å². The van der Waals surface area contributed by atoms with E-state index in [1.807, 2.05) is 0 Å². The quantitative estimate of drug-likeness (QED) is 0.568. The lowest BCUT2D eigenvalue weighted by atomic mass is 10.1. The first-order valence-electron chi connectivity index (χ1n) is 5.37. The number of fused-ring (bicyclic) bond motifs is 2. The van der Waals surface area contributed by atoms with Crippen LogP contribution >= 0.6 is 0 Å². The van der Waals surface area contributed by atoms with Crippen molar-refractivity contribution in [2.75, 3.05) is 5.43 Å². The third-order valence-corrected chi connectivity index (χ3v) is 3.12. The number of nitrogens with one attached hydrogen (secondary N) is 1. The number of nitrogen functional groups attached to an aromatic ring is 1. The lowest BCUT2D eigenvalue weighted by Gasteiger charge is -2.11. The lowest BCUT2D eigenvalue weighted by Crippen LogP contribution is -2.10. The average Bonchev–Trinajstić information content (AvgIpc) is 2.73. The number of anilines is 1. The minimum atomic E-state index is -0.263. The number of aryl methyl sites for hydroxylation is 1. The van der Waals surface area contributed by atoms with E-state index in [1.54, 1.807) is 6.07 Å². The fourth-order valence-corrected chi connectivity index (χ4v) is 2.40. The van der Waals surface area contributed by atoms with Crippen LogP contribution in [0.2, 0.25) is 0 Å². The first-order chi connectivity index (χ1) is 7.79. The molecule has 3 N–H and O–H groups in total. The van der Waals surface area contributed by atoms with Gasteiger partial charge in [0.1, 0.15) is 5.82 Å². The summed E-state index contributed by atoms with van der Waals surface area (Å²) in [5, 5.41) is 0.893. The highest BCUT2D eigenvalue weighted by atomic mass is 19.1. The topological polar surface area (TPSA) is 50.9 Å². The van der Waals surface area contributed by atoms with E-state index < -0.39 is 0 Å². The summed E-state index contributed by atoms with van der Waals surface area (Å²) in [6, 6.07) is 4.62. The summed E-state index contributed by atoms with van der Waals surface area (Å²) in [6.07, 6.45) is 3.04. The van der Waals surface area contributed by atoms with Crippen LogP contribution in [-0.4, -0.2) is 4.98 Å². The van der Waals surface area contributed by atoms with Crippen LogP contribution in [0.15, 0.2) is 18.2 Å². The fourth-order valence-electron chi connectivity index (χ4n) is 2.40. The Hall–Kier alpha value is -1.68. The van der Waals surface area contributed by atoms with E-state index in [0.29, 0.717) is 5.52 Å². The van der Waals surface area contributed by atoms with Gasteiger partial charge < -0.3 is 5.43 Å². The molecule has 0 amide bonds. The highest BCUT2D eigenvalue weighted by Crippen LogP contribution is 2.33. The first-order valence-corrected chi connectivity index (χ1v) is 5.37. The molecule has 1 aliphatic carbocycles. The number of benzene rings is 1. The van der Waals surface area contributed by atoms with Crippen molar-refractivity contribution in [3.63, 3.8) is 0 Å². The molecule has 0 aliphatic heterocycles. The standard InChI is InChI=1S/C12H12FN3/c13-7-4-5-9-11(6-7)15-10-3-1-2-8(10)12(9)16-14/h4-6H,1-3,14H2,(H,15,16). The molecule has 0 radical (unpaired) electrons. The lowest BCUT2D eigenvalue weighted by molar-refractivity contribution is 0.629. The van der Waals surface area contributed by atoms with Crippen LogP contribution in [0.5, 0.6) is 0 Å². The number of nitrogens with two attached hydrogens (primary N) is 1. The number of nitrogens with zero attached hydrogens (tertiary/aromatic N) is 1. The monoisotopic (exact) mass is 217 g/mol. The molecule has 82 valence electrons. The number of rotatable bonds is 1. The summed E-state index contributed by atoms with van der Waals surface area (Å²) in [5.74, 6) is 5.29. The molecule has 0 spiro atoms. The van der Waals surface area contributed by atoms with Gasteiger partial charge in [0.2, 0.25) is 0 Å². The Kier molecular flexibility index (Phi) is 2.04. The highest BCUT2D eigenvalue weighted by molar-refractivity contribution is 5.93. The van der Waals surface area contributed by atoms with E-state index in [4.69, 9.17) is 5.84 Å². The van der Waals surface area contributed by atoms with Gasteiger partial charge in [-0.1, -0.05) is 0 Å². The molecule has 1 aliphatic rings. The smallest absolute Gasteiger partial charge is 0.125 e. The van der Waals surface area contributed by atoms with E-state index in [9.17, 15) is 4.39 Å². The molecule has 4 heteroatoms. The number of halogens is 1. The minimum absolute atomic E-state index is 0.263. The summed E-state index contributed by atoms with van der Waals surface area (Å²) in [7, 11) is 0. The molecule has 0 atom stereocenters. The van der Waals surface area contributed by atoms with Gasteiger partial charge >= 0.3 is 0 Å². The fraction of sp³-hybridized carbons (Fsp3) is 0.250. The zero-order valence-electron chi connectivity index (χ0n) is 8.76. The van der Waals surface area contributed by atoms with Crippen molar-refractivity contribution in [2.24, 2.45) is 5.84 Å². The Morgan fingerprint density at radius 2 is 2.19 bits per heavy atom. The Bertz CT molecular complexity index is 566. The predicted octanol–water partition coefficient (Wildman–Crippen LogP) is 2.15. The number of aromatic nitrogens is 1. The normalized spacial score (nSPS) is 14.1. The Morgan fingerprint density at radius 3 is 3.00 bits per heavy atom. The van der Waals surface area contributed by atoms with Crippen molar-refractivity contribution in [3.05, 3.63) is 35.3 Å². The van der Waals surface area contributed by atoms with Crippen molar-refractivity contribution in [3.8, 4) is 0 Å². The summed E-state index contributed by atoms with van der Waals surface area (Å²) < 4.78 is 13.1. The largest absolute Gasteiger partial charge is 0.323 e. The van der Waals surface area contributed by atoms with Crippen molar-refractivity contribution in [2.45, 2.75) is 19.3 Å². The molecule has 1 aromatic carbocycles. The SMILES string of the molecule is NNc1c2c(nc3cc(F)ccc13)CCC2. The molecule has 1 aromatic heterocycles. The molecule has 0 bridgehead atoms. The maximum Gasteiger partial charge on any atom is 0.125 e. The maximum absolute atomic E-state index is 13.1. The average molecular weight is 217 g/mol. The van der Waals surface area contributed by atoms with Gasteiger partial charge in [0.25, 0.3) is 0 Å². The first kappa shape index (κ1) is 9.54. The van der Waals surface area contributed by atoms with Gasteiger partial charge in [0.15, 0.2) is 0 Å². The van der Waals surface area contributed by atoms with Gasteiger partial charge in [-0.25, -0.2) is 4.39 Å². The van der Waals surface area contributed by atoms with Crippen molar-refractivity contribution < 1.29 is 4.39 Å². The molecule has 0 saturated carbocycles. The third kappa shape index (κ3) is 1.27. The number of hydrogen-bond donors (Lipinski definition) is 2. The summed E-state index contributed by atoms with van der Waals surface area (Å²) >= 11 is 0. The second-order valence-corrected chi connectivity index (χ2v) is 4.07. The van der Waals surface area contributed by atoms with Gasteiger partial charge in [-0.15, -0.1) is 0 Å². The number of pyridine rings is 1. The molecule has 0 saturated heterocycles. The van der Waals surface area contributed by atoms with E-state index in [1.165, 1.54) is 17.7 Å². The predicted molar refractivity (Wildman–Crippen MR) is 61.5 cm³/mol. The molecular weight excluding hydrogens is 205 g/mol. The number of hydrogen-bond acceptors (Lipinski definition) is 3. The van der Waals surface area contributed by atoms with E-state index in [-0.39, 0.29) is 5.82 Å². The Balaban J connectivity index is 2.39. The van der Waals surface area contributed by atoms with Gasteiger partial charge in [0, 0.05) is 17.1 Å². The second kappa shape index (κ2) is 3.42. The molecular formula is C12H12FN3. The van der Waals surface area contributed by atoms with Crippen molar-refractivity contribution in [1.82, 2.24) is 4.98 Å². The van der Waals surface area contributed by atoms with Crippen LogP contribution < -0.4 is 11.3 Å². The Labute approximate surface area is 92.4 Å². The molecule has 2 aromatic rings. The van der Waals surface area contributed by atoms with E-state index >= 15 is 0 Å². The molecule has 0 fully saturated rings.